The monoisotopic (exact) mass is 351 g/mol. The molecule has 0 aliphatic heterocycles. The molecule has 0 radical (unpaired) electrons. The zero-order valence-electron chi connectivity index (χ0n) is 10.3. The number of furan rings is 1. The van der Waals surface area contributed by atoms with Gasteiger partial charge in [-0.05, 0) is 28.1 Å². The van der Waals surface area contributed by atoms with Crippen LogP contribution in [0.1, 0.15) is 5.89 Å². The van der Waals surface area contributed by atoms with E-state index in [1.54, 1.807) is 12.1 Å². The lowest BCUT2D eigenvalue weighted by atomic mass is 10.4. The molecule has 0 aromatic carbocycles. The highest BCUT2D eigenvalue weighted by atomic mass is 79.9. The molecule has 1 N–H and O–H groups in total. The third kappa shape index (κ3) is 4.09. The van der Waals surface area contributed by atoms with Gasteiger partial charge in [0.1, 0.15) is 0 Å². The second-order valence-corrected chi connectivity index (χ2v) is 4.74. The summed E-state index contributed by atoms with van der Waals surface area (Å²) in [6.07, 6.45) is -2.50. The van der Waals surface area contributed by atoms with E-state index >= 15 is 0 Å². The molecule has 0 fully saturated rings. The number of rotatable bonds is 7. The first-order chi connectivity index (χ1) is 9.58. The van der Waals surface area contributed by atoms with Crippen molar-refractivity contribution in [2.24, 2.45) is 0 Å². The summed E-state index contributed by atoms with van der Waals surface area (Å²) in [6, 6.07) is 3.32. The number of halogens is 3. The van der Waals surface area contributed by atoms with Crippen molar-refractivity contribution in [1.29, 1.82) is 0 Å². The van der Waals surface area contributed by atoms with Gasteiger partial charge in [-0.2, -0.15) is 0 Å². The Morgan fingerprint density at radius 2 is 2.10 bits per heavy atom. The largest absolute Gasteiger partial charge is 0.444 e. The van der Waals surface area contributed by atoms with Crippen molar-refractivity contribution in [2.45, 2.75) is 13.0 Å². The zero-order chi connectivity index (χ0) is 14.5. The van der Waals surface area contributed by atoms with Crippen molar-refractivity contribution in [2.75, 3.05) is 19.7 Å². The van der Waals surface area contributed by atoms with Crippen molar-refractivity contribution in [3.05, 3.63) is 22.7 Å². The van der Waals surface area contributed by atoms with E-state index in [2.05, 4.69) is 26.1 Å². The minimum Gasteiger partial charge on any atom is -0.444 e. The van der Waals surface area contributed by atoms with Crippen LogP contribution in [0.25, 0.3) is 11.7 Å². The lowest BCUT2D eigenvalue weighted by Gasteiger charge is -2.18. The standard InChI is InChI=1S/C11H12BrF2N3O3/c12-8-2-1-7(19-8)11-16-15-10(20-11)6-17(3-4-18)5-9(13)14/h1-2,9,18H,3-6H2. The second kappa shape index (κ2) is 6.91. The molecule has 6 nitrogen and oxygen atoms in total. The van der Waals surface area contributed by atoms with Gasteiger partial charge in [-0.25, -0.2) is 8.78 Å². The number of hydrogen-bond acceptors (Lipinski definition) is 6. The van der Waals surface area contributed by atoms with E-state index < -0.39 is 13.0 Å². The SMILES string of the molecule is OCCN(Cc1nnc(-c2ccc(Br)o2)o1)CC(F)F. The van der Waals surface area contributed by atoms with Crippen LogP contribution in [0.5, 0.6) is 0 Å². The van der Waals surface area contributed by atoms with Crippen LogP contribution in [0.15, 0.2) is 25.6 Å². The summed E-state index contributed by atoms with van der Waals surface area (Å²) in [4.78, 5) is 1.33. The number of hydrogen-bond donors (Lipinski definition) is 1. The Hall–Kier alpha value is -1.32. The molecule has 0 spiro atoms. The fourth-order valence-electron chi connectivity index (χ4n) is 1.61. The summed E-state index contributed by atoms with van der Waals surface area (Å²) in [7, 11) is 0. The number of aromatic nitrogens is 2. The summed E-state index contributed by atoms with van der Waals surface area (Å²) >= 11 is 3.15. The molecular weight excluding hydrogens is 340 g/mol. The van der Waals surface area contributed by atoms with E-state index in [1.807, 2.05) is 0 Å². The van der Waals surface area contributed by atoms with Crippen molar-refractivity contribution in [1.82, 2.24) is 15.1 Å². The molecule has 0 atom stereocenters. The van der Waals surface area contributed by atoms with Gasteiger partial charge in [0.15, 0.2) is 10.4 Å². The van der Waals surface area contributed by atoms with Crippen LogP contribution in [0, 0.1) is 0 Å². The highest BCUT2D eigenvalue weighted by Crippen LogP contribution is 2.24. The topological polar surface area (TPSA) is 75.5 Å². The Morgan fingerprint density at radius 1 is 1.30 bits per heavy atom. The molecule has 110 valence electrons. The first-order valence-corrected chi connectivity index (χ1v) is 6.57. The van der Waals surface area contributed by atoms with E-state index in [-0.39, 0.29) is 31.5 Å². The molecule has 2 heterocycles. The van der Waals surface area contributed by atoms with Gasteiger partial charge in [-0.15, -0.1) is 10.2 Å². The van der Waals surface area contributed by atoms with Gasteiger partial charge < -0.3 is 13.9 Å². The highest BCUT2D eigenvalue weighted by Gasteiger charge is 2.17. The number of alkyl halides is 2. The van der Waals surface area contributed by atoms with Crippen molar-refractivity contribution in [3.63, 3.8) is 0 Å². The quantitative estimate of drug-likeness (QED) is 0.823. The van der Waals surface area contributed by atoms with Crippen molar-refractivity contribution >= 4 is 15.9 Å². The van der Waals surface area contributed by atoms with E-state index in [0.29, 0.717) is 10.4 Å². The van der Waals surface area contributed by atoms with Crippen LogP contribution in [-0.2, 0) is 6.54 Å². The second-order valence-electron chi connectivity index (χ2n) is 3.95. The van der Waals surface area contributed by atoms with E-state index in [0.717, 1.165) is 0 Å². The van der Waals surface area contributed by atoms with Crippen LogP contribution < -0.4 is 0 Å². The Kier molecular flexibility index (Phi) is 5.21. The fraction of sp³-hybridized carbons (Fsp3) is 0.455. The molecule has 0 aliphatic carbocycles. The third-order valence-electron chi connectivity index (χ3n) is 2.42. The van der Waals surface area contributed by atoms with Crippen LogP contribution in [0.4, 0.5) is 8.78 Å². The smallest absolute Gasteiger partial charge is 0.283 e. The average Bonchev–Trinajstić information content (AvgIpc) is 2.97. The predicted molar refractivity (Wildman–Crippen MR) is 68.1 cm³/mol. The van der Waals surface area contributed by atoms with Crippen molar-refractivity contribution in [3.8, 4) is 11.7 Å². The van der Waals surface area contributed by atoms with Gasteiger partial charge >= 0.3 is 0 Å². The molecule has 0 bridgehead atoms. The van der Waals surface area contributed by atoms with Crippen LogP contribution >= 0.6 is 15.9 Å². The normalized spacial score (nSPS) is 11.7. The van der Waals surface area contributed by atoms with Gasteiger partial charge in [0.2, 0.25) is 5.89 Å². The lowest BCUT2D eigenvalue weighted by molar-refractivity contribution is 0.0704. The van der Waals surface area contributed by atoms with Crippen LogP contribution in [0.3, 0.4) is 0 Å². The maximum Gasteiger partial charge on any atom is 0.283 e. The molecule has 0 saturated heterocycles. The Bertz CT molecular complexity index is 547. The number of nitrogens with zero attached hydrogens (tertiary/aromatic N) is 3. The van der Waals surface area contributed by atoms with Crippen LogP contribution in [-0.4, -0.2) is 46.3 Å². The molecule has 9 heteroatoms. The first kappa shape index (κ1) is 15.1. The summed E-state index contributed by atoms with van der Waals surface area (Å²) < 4.78 is 35.9. The summed E-state index contributed by atoms with van der Waals surface area (Å²) in [5.41, 5.74) is 0. The summed E-state index contributed by atoms with van der Waals surface area (Å²) in [5, 5.41) is 16.4. The lowest BCUT2D eigenvalue weighted by Crippen LogP contribution is -2.31. The van der Waals surface area contributed by atoms with E-state index in [1.165, 1.54) is 4.90 Å². The van der Waals surface area contributed by atoms with Crippen LogP contribution in [0.2, 0.25) is 0 Å². The molecule has 0 amide bonds. The van der Waals surface area contributed by atoms with Crippen molar-refractivity contribution < 1.29 is 22.7 Å². The number of aliphatic hydroxyl groups is 1. The predicted octanol–water partition coefficient (Wildman–Crippen LogP) is 2.15. The van der Waals surface area contributed by atoms with Gasteiger partial charge in [-0.1, -0.05) is 0 Å². The molecular formula is C11H12BrF2N3O3. The summed E-state index contributed by atoms with van der Waals surface area (Å²) in [5.74, 6) is 0.742. The average molecular weight is 352 g/mol. The van der Waals surface area contributed by atoms with E-state index in [9.17, 15) is 8.78 Å². The van der Waals surface area contributed by atoms with E-state index in [4.69, 9.17) is 13.9 Å². The Labute approximate surface area is 121 Å². The van der Waals surface area contributed by atoms with Gasteiger partial charge in [0.05, 0.1) is 19.7 Å². The Balaban J connectivity index is 2.04. The maximum atomic E-state index is 12.4. The molecule has 0 aliphatic rings. The van der Waals surface area contributed by atoms with Gasteiger partial charge in [0, 0.05) is 6.54 Å². The maximum absolute atomic E-state index is 12.4. The molecule has 2 aromatic heterocycles. The third-order valence-corrected chi connectivity index (χ3v) is 2.85. The first-order valence-electron chi connectivity index (χ1n) is 5.78. The summed E-state index contributed by atoms with van der Waals surface area (Å²) in [6.45, 7) is -0.544. The molecule has 0 unspecified atom stereocenters. The Morgan fingerprint density at radius 3 is 2.70 bits per heavy atom. The van der Waals surface area contributed by atoms with Gasteiger partial charge in [-0.3, -0.25) is 4.90 Å². The molecule has 0 saturated carbocycles. The minimum atomic E-state index is -2.50. The number of aliphatic hydroxyl groups excluding tert-OH is 1. The minimum absolute atomic E-state index is 0.0414. The molecule has 2 rings (SSSR count). The zero-order valence-corrected chi connectivity index (χ0v) is 11.9. The van der Waals surface area contributed by atoms with Gasteiger partial charge in [0.25, 0.3) is 12.3 Å². The molecule has 20 heavy (non-hydrogen) atoms. The molecule has 2 aromatic rings. The highest BCUT2D eigenvalue weighted by molar-refractivity contribution is 9.10. The fourth-order valence-corrected chi connectivity index (χ4v) is 1.92.